The summed E-state index contributed by atoms with van der Waals surface area (Å²) in [5.41, 5.74) is 4.94. The molecule has 0 radical (unpaired) electrons. The van der Waals surface area contributed by atoms with E-state index in [0.29, 0.717) is 19.5 Å². The van der Waals surface area contributed by atoms with Gasteiger partial charge in [0.2, 0.25) is 11.8 Å². The van der Waals surface area contributed by atoms with Crippen LogP contribution in [0, 0.1) is 0 Å². The largest absolute Gasteiger partial charge is 0.324 e. The van der Waals surface area contributed by atoms with Crippen LogP contribution in [0.25, 0.3) is 0 Å². The Kier molecular flexibility index (Phi) is 7.17. The molecule has 21 heavy (non-hydrogen) atoms. The minimum atomic E-state index is -0.783. The minimum absolute atomic E-state index is 0.0205. The van der Waals surface area contributed by atoms with Gasteiger partial charge in [0.25, 0.3) is 0 Å². The maximum absolute atomic E-state index is 12.0. The van der Waals surface area contributed by atoms with Crippen molar-refractivity contribution in [1.82, 2.24) is 20.5 Å². The fourth-order valence-corrected chi connectivity index (χ4v) is 2.76. The molecule has 0 aromatic heterocycles. The van der Waals surface area contributed by atoms with Crippen LogP contribution in [-0.4, -0.2) is 46.3 Å². The first-order valence-corrected chi connectivity index (χ1v) is 7.68. The Hall–Kier alpha value is -1.61. The SMILES string of the molecule is CCCNNC(=O)C(=O)N(CCC)SC1CC(=O)NC1=O. The molecule has 3 N–H and O–H groups in total. The Morgan fingerprint density at radius 2 is 2.05 bits per heavy atom. The van der Waals surface area contributed by atoms with E-state index in [4.69, 9.17) is 0 Å². The number of hydrazine groups is 1. The van der Waals surface area contributed by atoms with E-state index < -0.39 is 23.0 Å². The normalized spacial score (nSPS) is 17.5. The third-order valence-corrected chi connectivity index (χ3v) is 3.84. The first kappa shape index (κ1) is 17.4. The maximum atomic E-state index is 12.0. The molecule has 9 heteroatoms. The Balaban J connectivity index is 2.59. The quantitative estimate of drug-likeness (QED) is 0.189. The summed E-state index contributed by atoms with van der Waals surface area (Å²) in [4.78, 5) is 46.4. The molecule has 1 saturated heterocycles. The number of amides is 4. The van der Waals surface area contributed by atoms with E-state index in [1.807, 2.05) is 13.8 Å². The van der Waals surface area contributed by atoms with Crippen molar-refractivity contribution < 1.29 is 19.2 Å². The predicted octanol–water partition coefficient (Wildman–Crippen LogP) is -0.681. The summed E-state index contributed by atoms with van der Waals surface area (Å²) >= 11 is 0.927. The predicted molar refractivity (Wildman–Crippen MR) is 77.6 cm³/mol. The molecule has 0 aromatic carbocycles. The molecule has 8 nitrogen and oxygen atoms in total. The number of hydrogen-bond donors (Lipinski definition) is 3. The molecular formula is C12H20N4O4S. The number of hydrogen-bond acceptors (Lipinski definition) is 6. The Bertz CT molecular complexity index is 429. The molecule has 0 spiro atoms. The summed E-state index contributed by atoms with van der Waals surface area (Å²) in [7, 11) is 0. The number of nitrogens with one attached hydrogen (secondary N) is 3. The van der Waals surface area contributed by atoms with Crippen LogP contribution in [0.4, 0.5) is 0 Å². The summed E-state index contributed by atoms with van der Waals surface area (Å²) in [5.74, 6) is -2.31. The lowest BCUT2D eigenvalue weighted by molar-refractivity contribution is -0.143. The average molecular weight is 316 g/mol. The second-order valence-corrected chi connectivity index (χ2v) is 5.72. The van der Waals surface area contributed by atoms with E-state index in [9.17, 15) is 19.2 Å². The van der Waals surface area contributed by atoms with Crippen LogP contribution in [0.3, 0.4) is 0 Å². The fraction of sp³-hybridized carbons (Fsp3) is 0.667. The second kappa shape index (κ2) is 8.63. The first-order valence-electron chi connectivity index (χ1n) is 6.84. The van der Waals surface area contributed by atoms with E-state index in [1.54, 1.807) is 0 Å². The van der Waals surface area contributed by atoms with Crippen LogP contribution in [0.1, 0.15) is 33.1 Å². The number of nitrogens with zero attached hydrogens (tertiary/aromatic N) is 1. The van der Waals surface area contributed by atoms with Crippen molar-refractivity contribution in [2.45, 2.75) is 38.4 Å². The fourth-order valence-electron chi connectivity index (χ4n) is 1.61. The highest BCUT2D eigenvalue weighted by Gasteiger charge is 2.35. The first-order chi connectivity index (χ1) is 9.99. The molecule has 1 heterocycles. The number of rotatable bonds is 7. The molecule has 1 aliphatic heterocycles. The zero-order valence-electron chi connectivity index (χ0n) is 12.1. The van der Waals surface area contributed by atoms with Crippen molar-refractivity contribution >= 4 is 35.6 Å². The van der Waals surface area contributed by atoms with Gasteiger partial charge in [0, 0.05) is 19.5 Å². The molecule has 0 aromatic rings. The van der Waals surface area contributed by atoms with E-state index >= 15 is 0 Å². The average Bonchev–Trinajstić information content (AvgIpc) is 2.75. The molecular weight excluding hydrogens is 296 g/mol. The van der Waals surface area contributed by atoms with Crippen molar-refractivity contribution in [3.8, 4) is 0 Å². The van der Waals surface area contributed by atoms with Crippen molar-refractivity contribution in [2.75, 3.05) is 13.1 Å². The Morgan fingerprint density at radius 1 is 1.33 bits per heavy atom. The van der Waals surface area contributed by atoms with E-state index in [-0.39, 0.29) is 12.3 Å². The van der Waals surface area contributed by atoms with Crippen LogP contribution in [0.2, 0.25) is 0 Å². The highest BCUT2D eigenvalue weighted by atomic mass is 32.2. The van der Waals surface area contributed by atoms with Crippen LogP contribution >= 0.6 is 11.9 Å². The smallest absolute Gasteiger partial charge is 0.295 e. The molecule has 1 atom stereocenters. The van der Waals surface area contributed by atoms with Gasteiger partial charge in [-0.3, -0.25) is 34.2 Å². The van der Waals surface area contributed by atoms with Gasteiger partial charge >= 0.3 is 11.8 Å². The molecule has 1 aliphatic rings. The Labute approximate surface area is 127 Å². The van der Waals surface area contributed by atoms with Gasteiger partial charge in [-0.25, -0.2) is 5.43 Å². The third kappa shape index (κ3) is 5.35. The molecule has 0 saturated carbocycles. The van der Waals surface area contributed by atoms with Crippen LogP contribution in [0.5, 0.6) is 0 Å². The minimum Gasteiger partial charge on any atom is -0.295 e. The zero-order valence-corrected chi connectivity index (χ0v) is 12.9. The lowest BCUT2D eigenvalue weighted by Gasteiger charge is -2.22. The van der Waals surface area contributed by atoms with Crippen LogP contribution in [0.15, 0.2) is 0 Å². The summed E-state index contributed by atoms with van der Waals surface area (Å²) in [6.45, 7) is 4.66. The van der Waals surface area contributed by atoms with Crippen LogP contribution < -0.4 is 16.2 Å². The van der Waals surface area contributed by atoms with Crippen LogP contribution in [-0.2, 0) is 19.2 Å². The maximum Gasteiger partial charge on any atom is 0.324 e. The van der Waals surface area contributed by atoms with Gasteiger partial charge in [0.15, 0.2) is 0 Å². The zero-order chi connectivity index (χ0) is 15.8. The summed E-state index contributed by atoms with van der Waals surface area (Å²) in [5, 5.41) is 1.51. The van der Waals surface area contributed by atoms with Gasteiger partial charge in [0.1, 0.15) is 5.25 Å². The van der Waals surface area contributed by atoms with Gasteiger partial charge in [0.05, 0.1) is 0 Å². The van der Waals surface area contributed by atoms with Crippen molar-refractivity contribution in [3.63, 3.8) is 0 Å². The molecule has 118 valence electrons. The summed E-state index contributed by atoms with van der Waals surface area (Å²) in [6, 6.07) is 0. The standard InChI is InChI=1S/C12H20N4O4S/c1-3-5-13-15-11(19)12(20)16(6-4-2)21-8-7-9(17)14-10(8)18/h8,13H,3-7H2,1-2H3,(H,15,19)(H,14,17,18). The lowest BCUT2D eigenvalue weighted by atomic mass is 10.4. The van der Waals surface area contributed by atoms with Gasteiger partial charge in [-0.05, 0) is 24.8 Å². The topological polar surface area (TPSA) is 108 Å². The van der Waals surface area contributed by atoms with Gasteiger partial charge in [-0.1, -0.05) is 13.8 Å². The molecule has 0 aliphatic carbocycles. The van der Waals surface area contributed by atoms with Crippen molar-refractivity contribution in [2.24, 2.45) is 0 Å². The summed E-state index contributed by atoms with van der Waals surface area (Å²) < 4.78 is 1.23. The van der Waals surface area contributed by atoms with Crippen molar-refractivity contribution in [1.29, 1.82) is 0 Å². The van der Waals surface area contributed by atoms with E-state index in [1.165, 1.54) is 4.31 Å². The van der Waals surface area contributed by atoms with Gasteiger partial charge in [-0.15, -0.1) is 0 Å². The third-order valence-electron chi connectivity index (χ3n) is 2.60. The molecule has 1 fully saturated rings. The Morgan fingerprint density at radius 3 is 2.57 bits per heavy atom. The van der Waals surface area contributed by atoms with Gasteiger partial charge < -0.3 is 0 Å². The number of carbonyl (C=O) groups is 4. The monoisotopic (exact) mass is 316 g/mol. The van der Waals surface area contributed by atoms with Gasteiger partial charge in [-0.2, -0.15) is 0 Å². The van der Waals surface area contributed by atoms with Crippen molar-refractivity contribution in [3.05, 3.63) is 0 Å². The molecule has 0 bridgehead atoms. The second-order valence-electron chi connectivity index (χ2n) is 4.50. The van der Waals surface area contributed by atoms with E-state index in [2.05, 4.69) is 16.2 Å². The molecule has 1 unspecified atom stereocenters. The molecule has 4 amide bonds. The summed E-state index contributed by atoms with van der Waals surface area (Å²) in [6.07, 6.45) is 1.47. The highest BCUT2D eigenvalue weighted by molar-refractivity contribution is 7.99. The lowest BCUT2D eigenvalue weighted by Crippen LogP contribution is -2.47. The van der Waals surface area contributed by atoms with E-state index in [0.717, 1.165) is 18.4 Å². The highest BCUT2D eigenvalue weighted by Crippen LogP contribution is 2.24. The molecule has 1 rings (SSSR count). The number of imide groups is 1. The number of carbonyl (C=O) groups excluding carboxylic acids is 4.